The standard InChI is InChI=1S/C20H20FN3O2/c1-13-5-10-18(19(22)25)20(23,24-13)12-14-3-2-4-17(11-14)26-16-8-6-15(21)7-9-16/h2-11,18H,12,23H2,1H3,(H2,22,25). The highest BCUT2D eigenvalue weighted by Gasteiger charge is 2.38. The molecule has 0 aliphatic carbocycles. The Hall–Kier alpha value is -2.99. The van der Waals surface area contributed by atoms with E-state index in [0.717, 1.165) is 11.3 Å². The summed E-state index contributed by atoms with van der Waals surface area (Å²) in [6.45, 7) is 1.82. The highest BCUT2D eigenvalue weighted by molar-refractivity contribution is 5.96. The van der Waals surface area contributed by atoms with Crippen molar-refractivity contribution in [2.24, 2.45) is 22.4 Å². The van der Waals surface area contributed by atoms with E-state index in [2.05, 4.69) is 4.99 Å². The fourth-order valence-electron chi connectivity index (χ4n) is 3.01. The summed E-state index contributed by atoms with van der Waals surface area (Å²) in [6, 6.07) is 13.1. The zero-order chi connectivity index (χ0) is 18.7. The van der Waals surface area contributed by atoms with Gasteiger partial charge in [-0.3, -0.25) is 9.79 Å². The molecule has 0 bridgehead atoms. The first-order valence-corrected chi connectivity index (χ1v) is 8.21. The molecule has 2 unspecified atom stereocenters. The summed E-state index contributed by atoms with van der Waals surface area (Å²) in [5, 5.41) is 0. The van der Waals surface area contributed by atoms with E-state index < -0.39 is 17.5 Å². The summed E-state index contributed by atoms with van der Waals surface area (Å²) < 4.78 is 18.7. The minimum atomic E-state index is -1.14. The molecule has 0 radical (unpaired) electrons. The number of amides is 1. The summed E-state index contributed by atoms with van der Waals surface area (Å²) >= 11 is 0. The first kappa shape index (κ1) is 17.8. The number of benzene rings is 2. The molecule has 0 saturated carbocycles. The van der Waals surface area contributed by atoms with E-state index >= 15 is 0 Å². The van der Waals surface area contributed by atoms with Gasteiger partial charge < -0.3 is 16.2 Å². The third-order valence-electron chi connectivity index (χ3n) is 4.19. The van der Waals surface area contributed by atoms with Gasteiger partial charge in [0.2, 0.25) is 5.91 Å². The van der Waals surface area contributed by atoms with Crippen LogP contribution in [0.4, 0.5) is 4.39 Å². The molecular weight excluding hydrogens is 333 g/mol. The number of allylic oxidation sites excluding steroid dienone is 1. The molecule has 6 heteroatoms. The molecule has 2 aromatic rings. The Morgan fingerprint density at radius 1 is 1.23 bits per heavy atom. The Balaban J connectivity index is 1.82. The van der Waals surface area contributed by atoms with Gasteiger partial charge in [0, 0.05) is 12.1 Å². The van der Waals surface area contributed by atoms with Crippen LogP contribution >= 0.6 is 0 Å². The van der Waals surface area contributed by atoms with Gasteiger partial charge in [-0.1, -0.05) is 18.2 Å². The van der Waals surface area contributed by atoms with E-state index in [1.807, 2.05) is 25.1 Å². The molecule has 0 aromatic heterocycles. The predicted octanol–water partition coefficient (Wildman–Crippen LogP) is 2.95. The zero-order valence-electron chi connectivity index (χ0n) is 14.4. The number of ether oxygens (including phenoxy) is 1. The summed E-state index contributed by atoms with van der Waals surface area (Å²) in [6.07, 6.45) is 3.76. The number of primary amides is 1. The SMILES string of the molecule is CC1=NC(N)(Cc2cccc(Oc3ccc(F)cc3)c2)C(C(N)=O)C=C1. The van der Waals surface area contributed by atoms with Crippen LogP contribution < -0.4 is 16.2 Å². The van der Waals surface area contributed by atoms with E-state index in [4.69, 9.17) is 16.2 Å². The quantitative estimate of drug-likeness (QED) is 0.866. The van der Waals surface area contributed by atoms with Crippen LogP contribution in [0.1, 0.15) is 12.5 Å². The number of nitrogens with zero attached hydrogens (tertiary/aromatic N) is 1. The summed E-state index contributed by atoms with van der Waals surface area (Å²) in [5.41, 5.74) is 12.4. The Bertz CT molecular complexity index is 877. The average Bonchev–Trinajstić information content (AvgIpc) is 2.56. The molecular formula is C20H20FN3O2. The first-order chi connectivity index (χ1) is 12.4. The normalized spacial score (nSPS) is 22.0. The topological polar surface area (TPSA) is 90.7 Å². The fourth-order valence-corrected chi connectivity index (χ4v) is 3.01. The predicted molar refractivity (Wildman–Crippen MR) is 98.5 cm³/mol. The van der Waals surface area contributed by atoms with E-state index in [9.17, 15) is 9.18 Å². The van der Waals surface area contributed by atoms with Crippen LogP contribution in [0.3, 0.4) is 0 Å². The largest absolute Gasteiger partial charge is 0.457 e. The highest BCUT2D eigenvalue weighted by atomic mass is 19.1. The van der Waals surface area contributed by atoms with Gasteiger partial charge in [-0.25, -0.2) is 4.39 Å². The van der Waals surface area contributed by atoms with Gasteiger partial charge in [-0.15, -0.1) is 0 Å². The van der Waals surface area contributed by atoms with Crippen LogP contribution in [0.25, 0.3) is 0 Å². The molecule has 2 atom stereocenters. The van der Waals surface area contributed by atoms with Crippen molar-refractivity contribution in [1.29, 1.82) is 0 Å². The maximum absolute atomic E-state index is 13.0. The van der Waals surface area contributed by atoms with E-state index in [1.54, 1.807) is 30.4 Å². The second-order valence-electron chi connectivity index (χ2n) is 6.36. The maximum atomic E-state index is 13.0. The lowest BCUT2D eigenvalue weighted by atomic mass is 9.84. The number of rotatable bonds is 5. The van der Waals surface area contributed by atoms with Crippen LogP contribution in [-0.2, 0) is 11.2 Å². The molecule has 1 aliphatic heterocycles. The molecule has 1 aliphatic rings. The molecule has 5 nitrogen and oxygen atoms in total. The Labute approximate surface area is 151 Å². The molecule has 0 spiro atoms. The Morgan fingerprint density at radius 3 is 2.65 bits per heavy atom. The van der Waals surface area contributed by atoms with Crippen LogP contribution in [0.2, 0.25) is 0 Å². The third-order valence-corrected chi connectivity index (χ3v) is 4.19. The van der Waals surface area contributed by atoms with Gasteiger partial charge >= 0.3 is 0 Å². The second kappa shape index (κ2) is 7.09. The summed E-state index contributed by atoms with van der Waals surface area (Å²) in [7, 11) is 0. The number of aliphatic imine (C=N–C) groups is 1. The van der Waals surface area contributed by atoms with Crippen molar-refractivity contribution in [2.75, 3.05) is 0 Å². The molecule has 1 amide bonds. The van der Waals surface area contributed by atoms with Crippen molar-refractivity contribution in [3.63, 3.8) is 0 Å². The Kier molecular flexibility index (Phi) is 4.86. The van der Waals surface area contributed by atoms with Crippen molar-refractivity contribution >= 4 is 11.6 Å². The van der Waals surface area contributed by atoms with Crippen molar-refractivity contribution < 1.29 is 13.9 Å². The van der Waals surface area contributed by atoms with Crippen LogP contribution in [0.15, 0.2) is 65.7 Å². The third kappa shape index (κ3) is 3.97. The minimum Gasteiger partial charge on any atom is -0.457 e. The van der Waals surface area contributed by atoms with Gasteiger partial charge in [-0.2, -0.15) is 0 Å². The first-order valence-electron chi connectivity index (χ1n) is 8.21. The lowest BCUT2D eigenvalue weighted by molar-refractivity contribution is -0.122. The highest BCUT2D eigenvalue weighted by Crippen LogP contribution is 2.29. The van der Waals surface area contributed by atoms with Gasteiger partial charge in [0.05, 0.1) is 5.92 Å². The number of dihydropyridines is 1. The van der Waals surface area contributed by atoms with E-state index in [0.29, 0.717) is 17.9 Å². The van der Waals surface area contributed by atoms with E-state index in [1.165, 1.54) is 12.1 Å². The molecule has 3 rings (SSSR count). The molecule has 26 heavy (non-hydrogen) atoms. The van der Waals surface area contributed by atoms with E-state index in [-0.39, 0.29) is 5.82 Å². The van der Waals surface area contributed by atoms with Crippen molar-refractivity contribution in [1.82, 2.24) is 0 Å². The monoisotopic (exact) mass is 353 g/mol. The molecule has 134 valence electrons. The van der Waals surface area contributed by atoms with Gasteiger partial charge in [0.1, 0.15) is 23.0 Å². The Morgan fingerprint density at radius 2 is 1.96 bits per heavy atom. The van der Waals surface area contributed by atoms with Crippen LogP contribution in [0.5, 0.6) is 11.5 Å². The molecule has 4 N–H and O–H groups in total. The van der Waals surface area contributed by atoms with Gasteiger partial charge in [0.15, 0.2) is 0 Å². The number of hydrogen-bond donors (Lipinski definition) is 2. The molecule has 2 aromatic carbocycles. The van der Waals surface area contributed by atoms with Crippen LogP contribution in [-0.4, -0.2) is 17.3 Å². The minimum absolute atomic E-state index is 0.322. The second-order valence-corrected chi connectivity index (χ2v) is 6.36. The van der Waals surface area contributed by atoms with Gasteiger partial charge in [-0.05, 0) is 55.0 Å². The number of hydrogen-bond acceptors (Lipinski definition) is 4. The average molecular weight is 353 g/mol. The smallest absolute Gasteiger partial charge is 0.228 e. The molecule has 0 fully saturated rings. The van der Waals surface area contributed by atoms with Crippen molar-refractivity contribution in [3.05, 3.63) is 72.1 Å². The van der Waals surface area contributed by atoms with Crippen molar-refractivity contribution in [3.8, 4) is 11.5 Å². The zero-order valence-corrected chi connectivity index (χ0v) is 14.4. The lowest BCUT2D eigenvalue weighted by Gasteiger charge is -2.33. The fraction of sp³-hybridized carbons (Fsp3) is 0.200. The number of halogens is 1. The van der Waals surface area contributed by atoms with Gasteiger partial charge in [0.25, 0.3) is 0 Å². The number of carbonyl (C=O) groups excluding carboxylic acids is 1. The lowest BCUT2D eigenvalue weighted by Crippen LogP contribution is -2.53. The number of carbonyl (C=O) groups is 1. The molecule has 1 heterocycles. The number of nitrogens with two attached hydrogens (primary N) is 2. The summed E-state index contributed by atoms with van der Waals surface area (Å²) in [4.78, 5) is 16.2. The van der Waals surface area contributed by atoms with Crippen molar-refractivity contribution in [2.45, 2.75) is 19.0 Å². The molecule has 0 saturated heterocycles. The van der Waals surface area contributed by atoms with Crippen LogP contribution in [0, 0.1) is 11.7 Å². The maximum Gasteiger partial charge on any atom is 0.228 e. The summed E-state index contributed by atoms with van der Waals surface area (Å²) in [5.74, 6) is -0.422.